The first-order valence-corrected chi connectivity index (χ1v) is 6.07. The Bertz CT molecular complexity index is 474. The first kappa shape index (κ1) is 13.8. The van der Waals surface area contributed by atoms with Crippen molar-refractivity contribution in [3.05, 3.63) is 39.9 Å². The second kappa shape index (κ2) is 5.14. The summed E-state index contributed by atoms with van der Waals surface area (Å²) >= 11 is 0. The fourth-order valence-corrected chi connectivity index (χ4v) is 2.48. The fourth-order valence-electron chi connectivity index (χ4n) is 2.48. The number of nitro groups is 1. The van der Waals surface area contributed by atoms with Crippen molar-refractivity contribution in [2.24, 2.45) is 0 Å². The van der Waals surface area contributed by atoms with E-state index in [0.29, 0.717) is 5.75 Å². The predicted octanol–water partition coefficient (Wildman–Crippen LogP) is 1.55. The molecule has 104 valence electrons. The Kier molecular flexibility index (Phi) is 3.73. The van der Waals surface area contributed by atoms with E-state index in [9.17, 15) is 15.2 Å². The molecule has 1 aliphatic heterocycles. The van der Waals surface area contributed by atoms with Crippen LogP contribution in [0.1, 0.15) is 24.8 Å². The zero-order chi connectivity index (χ0) is 14.0. The summed E-state index contributed by atoms with van der Waals surface area (Å²) in [5.41, 5.74) is 0.732. The lowest BCUT2D eigenvalue weighted by Gasteiger charge is -2.36. The molecule has 0 aromatic heterocycles. The zero-order valence-electron chi connectivity index (χ0n) is 10.9. The van der Waals surface area contributed by atoms with Gasteiger partial charge in [0.2, 0.25) is 6.04 Å². The van der Waals surface area contributed by atoms with E-state index in [0.717, 1.165) is 5.56 Å². The Morgan fingerprint density at radius 2 is 2.21 bits per heavy atom. The van der Waals surface area contributed by atoms with E-state index in [1.807, 2.05) is 0 Å². The molecule has 6 heteroatoms. The van der Waals surface area contributed by atoms with Gasteiger partial charge in [0.05, 0.1) is 13.0 Å². The molecule has 1 N–H and O–H groups in total. The van der Waals surface area contributed by atoms with Crippen molar-refractivity contribution in [2.45, 2.75) is 31.1 Å². The molecule has 0 aliphatic carbocycles. The van der Waals surface area contributed by atoms with Gasteiger partial charge in [-0.2, -0.15) is 0 Å². The van der Waals surface area contributed by atoms with Crippen LogP contribution in [0.3, 0.4) is 0 Å². The van der Waals surface area contributed by atoms with Crippen LogP contribution in [0.25, 0.3) is 0 Å². The molecule has 1 aromatic rings. The van der Waals surface area contributed by atoms with Gasteiger partial charge < -0.3 is 14.6 Å². The van der Waals surface area contributed by atoms with Crippen LogP contribution in [0.2, 0.25) is 0 Å². The Morgan fingerprint density at radius 3 is 2.84 bits per heavy atom. The maximum absolute atomic E-state index is 11.2. The average Bonchev–Trinajstić information content (AvgIpc) is 2.37. The lowest BCUT2D eigenvalue weighted by molar-refractivity contribution is -0.542. The van der Waals surface area contributed by atoms with E-state index in [1.54, 1.807) is 24.3 Å². The van der Waals surface area contributed by atoms with Gasteiger partial charge in [-0.1, -0.05) is 18.2 Å². The zero-order valence-corrected chi connectivity index (χ0v) is 10.9. The van der Waals surface area contributed by atoms with Gasteiger partial charge >= 0.3 is 0 Å². The number of para-hydroxylation sites is 1. The van der Waals surface area contributed by atoms with Crippen molar-refractivity contribution < 1.29 is 19.5 Å². The highest BCUT2D eigenvalue weighted by molar-refractivity contribution is 5.37. The third-order valence-corrected chi connectivity index (χ3v) is 3.44. The molecule has 0 spiro atoms. The van der Waals surface area contributed by atoms with Gasteiger partial charge in [-0.05, 0) is 13.0 Å². The van der Waals surface area contributed by atoms with Crippen LogP contribution in [0.5, 0.6) is 5.75 Å². The molecule has 1 fully saturated rings. The first-order chi connectivity index (χ1) is 8.94. The smallest absolute Gasteiger partial charge is 0.243 e. The fraction of sp³-hybridized carbons (Fsp3) is 0.538. The average molecular weight is 267 g/mol. The summed E-state index contributed by atoms with van der Waals surface area (Å²) in [7, 11) is 1.53. The summed E-state index contributed by atoms with van der Waals surface area (Å²) in [4.78, 5) is 10.8. The van der Waals surface area contributed by atoms with Crippen LogP contribution < -0.4 is 4.74 Å². The van der Waals surface area contributed by atoms with Crippen molar-refractivity contribution in [1.82, 2.24) is 0 Å². The van der Waals surface area contributed by atoms with Crippen molar-refractivity contribution in [3.63, 3.8) is 0 Å². The number of rotatable bonds is 3. The van der Waals surface area contributed by atoms with Gasteiger partial charge in [-0.3, -0.25) is 10.1 Å². The summed E-state index contributed by atoms with van der Waals surface area (Å²) in [6, 6.07) is 6.29. The van der Waals surface area contributed by atoms with E-state index < -0.39 is 17.7 Å². The topological polar surface area (TPSA) is 81.8 Å². The molecule has 0 saturated carbocycles. The minimum absolute atomic E-state index is 0.108. The first-order valence-electron chi connectivity index (χ1n) is 6.07. The van der Waals surface area contributed by atoms with Crippen LogP contribution in [0.4, 0.5) is 0 Å². The number of nitrogens with zero attached hydrogens (tertiary/aromatic N) is 1. The summed E-state index contributed by atoms with van der Waals surface area (Å²) in [6.07, 6.45) is 0.166. The summed E-state index contributed by atoms with van der Waals surface area (Å²) in [6.45, 7) is 1.41. The van der Waals surface area contributed by atoms with Gasteiger partial charge in [0, 0.05) is 16.9 Å². The highest BCUT2D eigenvalue weighted by Crippen LogP contribution is 2.39. The lowest BCUT2D eigenvalue weighted by atomic mass is 9.83. The summed E-state index contributed by atoms with van der Waals surface area (Å²) in [5, 5.41) is 21.1. The number of methoxy groups -OCH3 is 1. The number of benzene rings is 1. The molecular weight excluding hydrogens is 250 g/mol. The number of hydrogen-bond acceptors (Lipinski definition) is 5. The van der Waals surface area contributed by atoms with E-state index >= 15 is 0 Å². The normalized spacial score (nSPS) is 30.9. The molecule has 19 heavy (non-hydrogen) atoms. The summed E-state index contributed by atoms with van der Waals surface area (Å²) < 4.78 is 10.4. The molecule has 0 amide bonds. The molecule has 0 unspecified atom stereocenters. The highest BCUT2D eigenvalue weighted by atomic mass is 16.7. The minimum atomic E-state index is -1.35. The minimum Gasteiger partial charge on any atom is -0.496 e. The van der Waals surface area contributed by atoms with Crippen LogP contribution in [-0.2, 0) is 4.74 Å². The maximum Gasteiger partial charge on any atom is 0.243 e. The molecule has 6 nitrogen and oxygen atoms in total. The van der Waals surface area contributed by atoms with Gasteiger partial charge in [-0.25, -0.2) is 0 Å². The molecule has 0 radical (unpaired) electrons. The third-order valence-electron chi connectivity index (χ3n) is 3.44. The van der Waals surface area contributed by atoms with Crippen molar-refractivity contribution >= 4 is 0 Å². The van der Waals surface area contributed by atoms with E-state index in [1.165, 1.54) is 14.0 Å². The third kappa shape index (κ3) is 2.85. The van der Waals surface area contributed by atoms with Crippen molar-refractivity contribution in [3.8, 4) is 5.75 Å². The number of aliphatic hydroxyl groups is 1. The SMILES string of the molecule is COc1ccccc1[C@H]1C[C@](C)(O)OC[C@@H]1[N+](=O)[O-]. The van der Waals surface area contributed by atoms with Crippen LogP contribution in [0.15, 0.2) is 24.3 Å². The monoisotopic (exact) mass is 267 g/mol. The standard InChI is InChI=1S/C13H17NO5/c1-13(15)7-10(11(8-19-13)14(16)17)9-5-3-4-6-12(9)18-2/h3-6,10-11,15H,7-8H2,1-2H3/t10-,11+,13-/m1/s1. The second-order valence-electron chi connectivity index (χ2n) is 4.89. The van der Waals surface area contributed by atoms with Crippen molar-refractivity contribution in [1.29, 1.82) is 0 Å². The van der Waals surface area contributed by atoms with Gasteiger partial charge in [0.15, 0.2) is 5.79 Å². The molecule has 1 heterocycles. The molecule has 1 aromatic carbocycles. The molecule has 1 saturated heterocycles. The van der Waals surface area contributed by atoms with E-state index in [2.05, 4.69) is 0 Å². The lowest BCUT2D eigenvalue weighted by Crippen LogP contribution is -2.46. The maximum atomic E-state index is 11.2. The van der Waals surface area contributed by atoms with Crippen LogP contribution in [0, 0.1) is 10.1 Å². The predicted molar refractivity (Wildman–Crippen MR) is 67.7 cm³/mol. The van der Waals surface area contributed by atoms with E-state index in [-0.39, 0.29) is 18.0 Å². The van der Waals surface area contributed by atoms with Crippen molar-refractivity contribution in [2.75, 3.05) is 13.7 Å². The van der Waals surface area contributed by atoms with Gasteiger partial charge in [0.25, 0.3) is 0 Å². The molecular formula is C13H17NO5. The molecule has 2 rings (SSSR count). The van der Waals surface area contributed by atoms with Crippen LogP contribution >= 0.6 is 0 Å². The second-order valence-corrected chi connectivity index (χ2v) is 4.89. The van der Waals surface area contributed by atoms with Gasteiger partial charge in [-0.15, -0.1) is 0 Å². The van der Waals surface area contributed by atoms with Gasteiger partial charge in [0.1, 0.15) is 12.4 Å². The largest absolute Gasteiger partial charge is 0.496 e. The Hall–Kier alpha value is -1.66. The Balaban J connectivity index is 2.39. The molecule has 1 aliphatic rings. The summed E-state index contributed by atoms with van der Waals surface area (Å²) in [5.74, 6) is -1.19. The van der Waals surface area contributed by atoms with Crippen LogP contribution in [-0.4, -0.2) is 35.6 Å². The van der Waals surface area contributed by atoms with E-state index in [4.69, 9.17) is 9.47 Å². The molecule has 0 bridgehead atoms. The Morgan fingerprint density at radius 1 is 1.53 bits per heavy atom. The number of hydrogen-bond donors (Lipinski definition) is 1. The molecule has 3 atom stereocenters. The Labute approximate surface area is 111 Å². The quantitative estimate of drug-likeness (QED) is 0.663. The number of ether oxygens (including phenoxy) is 2. The highest BCUT2D eigenvalue weighted by Gasteiger charge is 2.45.